The van der Waals surface area contributed by atoms with Crippen molar-refractivity contribution in [3.63, 3.8) is 0 Å². The zero-order chi connectivity index (χ0) is 17.4. The van der Waals surface area contributed by atoms with Gasteiger partial charge in [-0.1, -0.05) is 0 Å². The summed E-state index contributed by atoms with van der Waals surface area (Å²) in [7, 11) is 0. The number of hydrogen-bond acceptors (Lipinski definition) is 3. The Morgan fingerprint density at radius 3 is 2.68 bits per heavy atom. The van der Waals surface area contributed by atoms with Crippen LogP contribution in [0.3, 0.4) is 0 Å². The minimum atomic E-state index is -0.641. The standard InChI is InChI=1S/C19H17FN4O/c1-12-10-18(13-2-3-13)24(23-12)15-6-4-14(5-7-15)22-19(25)16-8-9-21-11-17(16)20/h4-11,13H,2-3H2,1H3,(H,22,25). The second-order valence-corrected chi connectivity index (χ2v) is 6.25. The van der Waals surface area contributed by atoms with Crippen LogP contribution in [0.4, 0.5) is 10.1 Å². The second kappa shape index (κ2) is 6.12. The smallest absolute Gasteiger partial charge is 0.258 e. The lowest BCUT2D eigenvalue weighted by atomic mass is 10.2. The Bertz CT molecular complexity index is 929. The quantitative estimate of drug-likeness (QED) is 0.787. The number of anilines is 1. The summed E-state index contributed by atoms with van der Waals surface area (Å²) in [6.45, 7) is 1.99. The number of halogens is 1. The van der Waals surface area contributed by atoms with E-state index in [2.05, 4.69) is 21.5 Å². The molecule has 0 radical (unpaired) electrons. The number of benzene rings is 1. The monoisotopic (exact) mass is 336 g/mol. The van der Waals surface area contributed by atoms with E-state index in [9.17, 15) is 9.18 Å². The molecular weight excluding hydrogens is 319 g/mol. The van der Waals surface area contributed by atoms with Crippen molar-refractivity contribution in [1.29, 1.82) is 0 Å². The number of carbonyl (C=O) groups excluding carboxylic acids is 1. The van der Waals surface area contributed by atoms with Gasteiger partial charge in [0.1, 0.15) is 0 Å². The van der Waals surface area contributed by atoms with Gasteiger partial charge in [0, 0.05) is 23.5 Å². The molecule has 0 saturated heterocycles. The van der Waals surface area contributed by atoms with Crippen LogP contribution < -0.4 is 5.32 Å². The molecule has 1 saturated carbocycles. The molecule has 1 N–H and O–H groups in total. The van der Waals surface area contributed by atoms with E-state index in [0.29, 0.717) is 11.6 Å². The van der Waals surface area contributed by atoms with Crippen molar-refractivity contribution < 1.29 is 9.18 Å². The third-order valence-corrected chi connectivity index (χ3v) is 4.24. The van der Waals surface area contributed by atoms with E-state index in [1.165, 1.54) is 30.8 Å². The van der Waals surface area contributed by atoms with Crippen LogP contribution in [-0.4, -0.2) is 20.7 Å². The highest BCUT2D eigenvalue weighted by Gasteiger charge is 2.28. The normalized spacial score (nSPS) is 13.7. The molecule has 25 heavy (non-hydrogen) atoms. The van der Waals surface area contributed by atoms with Gasteiger partial charge >= 0.3 is 0 Å². The van der Waals surface area contributed by atoms with E-state index in [0.717, 1.165) is 17.6 Å². The van der Waals surface area contributed by atoms with E-state index >= 15 is 0 Å². The van der Waals surface area contributed by atoms with Gasteiger partial charge in [0.05, 0.1) is 23.1 Å². The summed E-state index contributed by atoms with van der Waals surface area (Å²) in [5.41, 5.74) is 3.74. The largest absolute Gasteiger partial charge is 0.322 e. The molecule has 126 valence electrons. The molecule has 1 fully saturated rings. The number of amides is 1. The first kappa shape index (κ1) is 15.5. The third-order valence-electron chi connectivity index (χ3n) is 4.24. The topological polar surface area (TPSA) is 59.8 Å². The van der Waals surface area contributed by atoms with Gasteiger partial charge in [-0.25, -0.2) is 9.07 Å². The number of nitrogens with one attached hydrogen (secondary N) is 1. The average Bonchev–Trinajstić information content (AvgIpc) is 3.38. The first-order chi connectivity index (χ1) is 12.1. The highest BCUT2D eigenvalue weighted by atomic mass is 19.1. The maximum absolute atomic E-state index is 13.6. The van der Waals surface area contributed by atoms with Gasteiger partial charge in [-0.2, -0.15) is 5.10 Å². The van der Waals surface area contributed by atoms with Gasteiger partial charge in [0.15, 0.2) is 5.82 Å². The molecule has 0 aliphatic heterocycles. The fourth-order valence-corrected chi connectivity index (χ4v) is 2.84. The number of pyridine rings is 1. The predicted octanol–water partition coefficient (Wildman–Crippen LogP) is 3.84. The van der Waals surface area contributed by atoms with Crippen LogP contribution >= 0.6 is 0 Å². The zero-order valence-corrected chi connectivity index (χ0v) is 13.7. The van der Waals surface area contributed by atoms with Crippen molar-refractivity contribution in [2.75, 3.05) is 5.32 Å². The summed E-state index contributed by atoms with van der Waals surface area (Å²) in [4.78, 5) is 15.8. The van der Waals surface area contributed by atoms with Crippen LogP contribution in [0, 0.1) is 12.7 Å². The average molecular weight is 336 g/mol. The number of hydrogen-bond donors (Lipinski definition) is 1. The molecule has 0 atom stereocenters. The molecule has 3 aromatic rings. The Labute approximate surface area is 144 Å². The van der Waals surface area contributed by atoms with E-state index in [4.69, 9.17) is 0 Å². The highest BCUT2D eigenvalue weighted by Crippen LogP contribution is 2.41. The Hall–Kier alpha value is -3.02. The summed E-state index contributed by atoms with van der Waals surface area (Å²) in [5.74, 6) is -0.547. The van der Waals surface area contributed by atoms with Crippen LogP contribution in [-0.2, 0) is 0 Å². The van der Waals surface area contributed by atoms with Gasteiger partial charge in [-0.3, -0.25) is 9.78 Å². The van der Waals surface area contributed by atoms with Crippen LogP contribution in [0.5, 0.6) is 0 Å². The van der Waals surface area contributed by atoms with Crippen molar-refractivity contribution >= 4 is 11.6 Å². The molecule has 6 heteroatoms. The van der Waals surface area contributed by atoms with E-state index < -0.39 is 11.7 Å². The van der Waals surface area contributed by atoms with Crippen molar-refractivity contribution in [2.45, 2.75) is 25.7 Å². The summed E-state index contributed by atoms with van der Waals surface area (Å²) in [5, 5.41) is 7.26. The van der Waals surface area contributed by atoms with Crippen LogP contribution in [0.1, 0.15) is 40.5 Å². The number of rotatable bonds is 4. The molecule has 0 spiro atoms. The molecule has 4 rings (SSSR count). The lowest BCUT2D eigenvalue weighted by molar-refractivity contribution is 0.102. The van der Waals surface area contributed by atoms with Crippen LogP contribution in [0.25, 0.3) is 5.69 Å². The van der Waals surface area contributed by atoms with Gasteiger partial charge in [-0.05, 0) is 56.2 Å². The number of aryl methyl sites for hydroxylation is 1. The maximum Gasteiger partial charge on any atom is 0.258 e. The molecule has 1 aliphatic rings. The molecular formula is C19H17FN4O. The van der Waals surface area contributed by atoms with Crippen LogP contribution in [0.15, 0.2) is 48.8 Å². The summed E-state index contributed by atoms with van der Waals surface area (Å²) < 4.78 is 15.6. The molecule has 2 aromatic heterocycles. The zero-order valence-electron chi connectivity index (χ0n) is 13.7. The van der Waals surface area contributed by atoms with Crippen LogP contribution in [0.2, 0.25) is 0 Å². The second-order valence-electron chi connectivity index (χ2n) is 6.25. The van der Waals surface area contributed by atoms with Crippen molar-refractivity contribution in [2.24, 2.45) is 0 Å². The SMILES string of the molecule is Cc1cc(C2CC2)n(-c2ccc(NC(=O)c3ccncc3F)cc2)n1. The first-order valence-electron chi connectivity index (χ1n) is 8.19. The Balaban J connectivity index is 1.55. The Morgan fingerprint density at radius 1 is 1.24 bits per heavy atom. The minimum absolute atomic E-state index is 0.0298. The Morgan fingerprint density at radius 2 is 2.00 bits per heavy atom. The number of nitrogens with zero attached hydrogens (tertiary/aromatic N) is 3. The molecule has 1 aliphatic carbocycles. The highest BCUT2D eigenvalue weighted by molar-refractivity contribution is 6.04. The third kappa shape index (κ3) is 3.15. The van der Waals surface area contributed by atoms with E-state index in [1.54, 1.807) is 12.1 Å². The summed E-state index contributed by atoms with van der Waals surface area (Å²) in [6.07, 6.45) is 4.82. The van der Waals surface area contributed by atoms with Gasteiger partial charge in [0.25, 0.3) is 5.91 Å². The Kier molecular flexibility index (Phi) is 3.80. The van der Waals surface area contributed by atoms with Crippen molar-refractivity contribution in [3.05, 3.63) is 71.6 Å². The molecule has 5 nitrogen and oxygen atoms in total. The van der Waals surface area contributed by atoms with E-state index in [1.807, 2.05) is 23.7 Å². The lowest BCUT2D eigenvalue weighted by Gasteiger charge is -2.09. The van der Waals surface area contributed by atoms with Gasteiger partial charge in [0.2, 0.25) is 0 Å². The molecule has 2 heterocycles. The molecule has 0 unspecified atom stereocenters. The molecule has 0 bridgehead atoms. The summed E-state index contributed by atoms with van der Waals surface area (Å²) in [6, 6.07) is 10.9. The lowest BCUT2D eigenvalue weighted by Crippen LogP contribution is -2.14. The van der Waals surface area contributed by atoms with E-state index in [-0.39, 0.29) is 5.56 Å². The summed E-state index contributed by atoms with van der Waals surface area (Å²) >= 11 is 0. The van der Waals surface area contributed by atoms with Crippen molar-refractivity contribution in [3.8, 4) is 5.69 Å². The molecule has 1 amide bonds. The van der Waals surface area contributed by atoms with Crippen molar-refractivity contribution in [1.82, 2.24) is 14.8 Å². The fourth-order valence-electron chi connectivity index (χ4n) is 2.84. The maximum atomic E-state index is 13.6. The number of aromatic nitrogens is 3. The fraction of sp³-hybridized carbons (Fsp3) is 0.211. The predicted molar refractivity (Wildman–Crippen MR) is 92.4 cm³/mol. The first-order valence-corrected chi connectivity index (χ1v) is 8.19. The van der Waals surface area contributed by atoms with Gasteiger partial charge in [-0.15, -0.1) is 0 Å². The minimum Gasteiger partial charge on any atom is -0.322 e. The van der Waals surface area contributed by atoms with Gasteiger partial charge < -0.3 is 5.32 Å². The number of carbonyl (C=O) groups is 1. The molecule has 1 aromatic carbocycles.